The molecule has 0 aliphatic heterocycles. The molecule has 0 amide bonds. The molecular formula is C13H10N3O3S-. The second kappa shape index (κ2) is 4.62. The number of nitrogen functional groups attached to an aromatic ring is 1. The maximum Gasteiger partial charge on any atom is 0.197 e. The van der Waals surface area contributed by atoms with E-state index in [-0.39, 0.29) is 5.43 Å². The van der Waals surface area contributed by atoms with Crippen molar-refractivity contribution in [2.75, 3.05) is 10.5 Å². The van der Waals surface area contributed by atoms with Crippen LogP contribution in [0.1, 0.15) is 0 Å². The van der Waals surface area contributed by atoms with Crippen molar-refractivity contribution in [2.24, 2.45) is 0 Å². The van der Waals surface area contributed by atoms with E-state index in [0.717, 1.165) is 0 Å². The number of aromatic nitrogens is 1. The summed E-state index contributed by atoms with van der Waals surface area (Å²) in [5.74, 6) is 0. The highest BCUT2D eigenvalue weighted by Crippen LogP contribution is 2.20. The molecule has 1 atom stereocenters. The molecule has 0 aliphatic carbocycles. The Morgan fingerprint density at radius 3 is 2.45 bits per heavy atom. The van der Waals surface area contributed by atoms with E-state index in [1.54, 1.807) is 30.3 Å². The zero-order valence-corrected chi connectivity index (χ0v) is 11.0. The third-order valence-corrected chi connectivity index (χ3v) is 3.43. The van der Waals surface area contributed by atoms with Gasteiger partial charge in [0.25, 0.3) is 0 Å². The van der Waals surface area contributed by atoms with Crippen LogP contribution in [-0.2, 0) is 11.3 Å². The third-order valence-electron chi connectivity index (χ3n) is 3.02. The molecule has 1 unspecified atom stereocenters. The minimum absolute atomic E-state index is 0.193. The topological polar surface area (TPSA) is 111 Å². The van der Waals surface area contributed by atoms with Crippen LogP contribution in [0.3, 0.4) is 0 Å². The predicted molar refractivity (Wildman–Crippen MR) is 79.0 cm³/mol. The number of aromatic amines is 1. The van der Waals surface area contributed by atoms with Gasteiger partial charge in [-0.25, -0.2) is 0 Å². The van der Waals surface area contributed by atoms with Crippen LogP contribution in [0.25, 0.3) is 21.8 Å². The van der Waals surface area contributed by atoms with Gasteiger partial charge >= 0.3 is 0 Å². The normalized spacial score (nSPS) is 12.7. The zero-order valence-electron chi connectivity index (χ0n) is 10.2. The molecule has 6 nitrogen and oxygen atoms in total. The van der Waals surface area contributed by atoms with Crippen molar-refractivity contribution in [1.82, 2.24) is 4.98 Å². The number of pyridine rings is 1. The van der Waals surface area contributed by atoms with E-state index in [2.05, 4.69) is 9.71 Å². The van der Waals surface area contributed by atoms with Gasteiger partial charge in [-0.15, -0.1) is 0 Å². The van der Waals surface area contributed by atoms with Crippen LogP contribution in [0.2, 0.25) is 0 Å². The summed E-state index contributed by atoms with van der Waals surface area (Å²) in [5.41, 5.74) is 7.64. The fourth-order valence-corrected chi connectivity index (χ4v) is 2.47. The van der Waals surface area contributed by atoms with E-state index in [4.69, 9.17) is 5.73 Å². The summed E-state index contributed by atoms with van der Waals surface area (Å²) in [7, 11) is 0. The summed E-state index contributed by atoms with van der Waals surface area (Å²) >= 11 is -2.43. The Balaban J connectivity index is 2.33. The fraction of sp³-hybridized carbons (Fsp3) is 0. The molecule has 0 saturated heterocycles. The Hall–Kier alpha value is -2.38. The second-order valence-electron chi connectivity index (χ2n) is 4.36. The van der Waals surface area contributed by atoms with E-state index in [9.17, 15) is 13.6 Å². The molecule has 0 bridgehead atoms. The molecular weight excluding hydrogens is 278 g/mol. The van der Waals surface area contributed by atoms with E-state index >= 15 is 0 Å². The predicted octanol–water partition coefficient (Wildman–Crippen LogP) is 1.47. The largest absolute Gasteiger partial charge is 0.755 e. The number of anilines is 2. The number of benzene rings is 2. The second-order valence-corrected chi connectivity index (χ2v) is 5.03. The molecule has 1 aromatic heterocycles. The molecule has 3 rings (SSSR count). The van der Waals surface area contributed by atoms with E-state index in [1.807, 2.05) is 0 Å². The smallest absolute Gasteiger partial charge is 0.197 e. The molecule has 0 aliphatic rings. The summed E-state index contributed by atoms with van der Waals surface area (Å²) in [4.78, 5) is 15.5. The number of fused-ring (bicyclic) bond motifs is 2. The SMILES string of the molecule is Nc1ccc2[nH]c3ccc(NS(=O)[O-])cc3c(=O)c2c1. The van der Waals surface area contributed by atoms with Crippen LogP contribution in [0, 0.1) is 0 Å². The highest BCUT2D eigenvalue weighted by molar-refractivity contribution is 7.80. The summed E-state index contributed by atoms with van der Waals surface area (Å²) in [6.07, 6.45) is 0. The first-order chi connectivity index (χ1) is 9.54. The standard InChI is InChI=1S/C13H11N3O3S/c14-7-1-3-11-9(5-7)13(17)10-6-8(16-20(18)19)2-4-12(10)15-11/h1-6,16H,14H2,(H,15,17)(H,18,19)/p-1. The van der Waals surface area contributed by atoms with Gasteiger partial charge in [-0.2, -0.15) is 0 Å². The summed E-state index contributed by atoms with van der Waals surface area (Å²) in [5, 5.41) is 0.872. The molecule has 0 spiro atoms. The lowest BCUT2D eigenvalue weighted by molar-refractivity contribution is 0.542. The molecule has 1 heterocycles. The molecule has 7 heteroatoms. The first-order valence-corrected chi connectivity index (χ1v) is 6.83. The summed E-state index contributed by atoms with van der Waals surface area (Å²) in [6, 6.07) is 9.77. The molecule has 2 aromatic carbocycles. The lowest BCUT2D eigenvalue weighted by atomic mass is 10.1. The molecule has 20 heavy (non-hydrogen) atoms. The molecule has 4 N–H and O–H groups in total. The average Bonchev–Trinajstić information content (AvgIpc) is 2.40. The highest BCUT2D eigenvalue weighted by atomic mass is 32.2. The van der Waals surface area contributed by atoms with Crippen LogP contribution in [0.5, 0.6) is 0 Å². The molecule has 0 saturated carbocycles. The molecule has 0 fully saturated rings. The van der Waals surface area contributed by atoms with E-state index in [1.165, 1.54) is 6.07 Å². The van der Waals surface area contributed by atoms with E-state index < -0.39 is 11.3 Å². The van der Waals surface area contributed by atoms with Crippen molar-refractivity contribution in [1.29, 1.82) is 0 Å². The number of nitrogens with two attached hydrogens (primary N) is 1. The fourth-order valence-electron chi connectivity index (χ4n) is 2.15. The molecule has 102 valence electrons. The maximum atomic E-state index is 12.4. The number of H-pyrrole nitrogens is 1. The molecule has 3 aromatic rings. The monoisotopic (exact) mass is 288 g/mol. The van der Waals surface area contributed by atoms with Crippen molar-refractivity contribution < 1.29 is 8.76 Å². The van der Waals surface area contributed by atoms with Gasteiger partial charge in [-0.3, -0.25) is 9.00 Å². The first-order valence-electron chi connectivity index (χ1n) is 5.76. The van der Waals surface area contributed by atoms with Crippen molar-refractivity contribution in [3.8, 4) is 0 Å². The minimum atomic E-state index is -2.43. The minimum Gasteiger partial charge on any atom is -0.755 e. The Labute approximate surface area is 116 Å². The van der Waals surface area contributed by atoms with Crippen LogP contribution < -0.4 is 15.9 Å². The van der Waals surface area contributed by atoms with Gasteiger partial charge < -0.3 is 20.0 Å². The van der Waals surface area contributed by atoms with Crippen molar-refractivity contribution in [3.63, 3.8) is 0 Å². The zero-order chi connectivity index (χ0) is 14.3. The first kappa shape index (κ1) is 12.6. The number of hydrogen-bond donors (Lipinski definition) is 3. The summed E-state index contributed by atoms with van der Waals surface area (Å²) < 4.78 is 23.5. The number of hydrogen-bond acceptors (Lipinski definition) is 4. The number of rotatable bonds is 2. The third kappa shape index (κ3) is 2.13. The Bertz CT molecular complexity index is 904. The van der Waals surface area contributed by atoms with Gasteiger partial charge in [0.05, 0.1) is 0 Å². The van der Waals surface area contributed by atoms with Crippen molar-refractivity contribution in [2.45, 2.75) is 0 Å². The Morgan fingerprint density at radius 1 is 1.10 bits per heavy atom. The van der Waals surface area contributed by atoms with Gasteiger partial charge in [0.2, 0.25) is 0 Å². The van der Waals surface area contributed by atoms with Crippen LogP contribution in [0.4, 0.5) is 11.4 Å². The highest BCUT2D eigenvalue weighted by Gasteiger charge is 2.06. The average molecular weight is 288 g/mol. The van der Waals surface area contributed by atoms with Crippen LogP contribution in [-0.4, -0.2) is 13.7 Å². The van der Waals surface area contributed by atoms with Gasteiger partial charge in [0.1, 0.15) is 0 Å². The van der Waals surface area contributed by atoms with Crippen LogP contribution >= 0.6 is 0 Å². The lowest BCUT2D eigenvalue weighted by Crippen LogP contribution is -2.07. The maximum absolute atomic E-state index is 12.4. The van der Waals surface area contributed by atoms with Gasteiger partial charge in [0.15, 0.2) is 5.43 Å². The Kier molecular flexibility index (Phi) is 2.92. The number of nitrogens with one attached hydrogen (secondary N) is 2. The summed E-state index contributed by atoms with van der Waals surface area (Å²) in [6.45, 7) is 0. The van der Waals surface area contributed by atoms with Crippen molar-refractivity contribution >= 4 is 44.4 Å². The van der Waals surface area contributed by atoms with Crippen LogP contribution in [0.15, 0.2) is 41.2 Å². The van der Waals surface area contributed by atoms with Gasteiger partial charge in [-0.05, 0) is 36.4 Å². The Morgan fingerprint density at radius 2 is 1.75 bits per heavy atom. The van der Waals surface area contributed by atoms with Gasteiger partial charge in [0, 0.05) is 44.4 Å². The van der Waals surface area contributed by atoms with E-state index in [0.29, 0.717) is 33.2 Å². The van der Waals surface area contributed by atoms with Gasteiger partial charge in [-0.1, -0.05) is 0 Å². The lowest BCUT2D eigenvalue weighted by Gasteiger charge is -2.10. The quantitative estimate of drug-likeness (QED) is 0.376. The molecule has 0 radical (unpaired) electrons. The van der Waals surface area contributed by atoms with Crippen molar-refractivity contribution in [3.05, 3.63) is 46.6 Å².